The van der Waals surface area contributed by atoms with E-state index in [1.807, 2.05) is 30.3 Å². The van der Waals surface area contributed by atoms with Crippen LogP contribution in [0.3, 0.4) is 0 Å². The summed E-state index contributed by atoms with van der Waals surface area (Å²) in [5.41, 5.74) is 1.37. The van der Waals surface area contributed by atoms with Crippen LogP contribution in [0.5, 0.6) is 0 Å². The normalized spacial score (nSPS) is 20.1. The zero-order chi connectivity index (χ0) is 21.3. The fourth-order valence-corrected chi connectivity index (χ4v) is 4.25. The van der Waals surface area contributed by atoms with Crippen molar-refractivity contribution in [1.29, 1.82) is 0 Å². The van der Waals surface area contributed by atoms with Gasteiger partial charge in [0.15, 0.2) is 0 Å². The number of nitrogens with zero attached hydrogens (tertiary/aromatic N) is 2. The topological polar surface area (TPSA) is 95.0 Å². The molecule has 0 radical (unpaired) electrons. The summed E-state index contributed by atoms with van der Waals surface area (Å²) in [5, 5.41) is 9.85. The van der Waals surface area contributed by atoms with E-state index in [0.717, 1.165) is 10.5 Å². The predicted octanol–water partition coefficient (Wildman–Crippen LogP) is 2.36. The Bertz CT molecular complexity index is 969. The lowest BCUT2D eigenvalue weighted by molar-refractivity contribution is -0.151. The molecule has 0 aromatic heterocycles. The van der Waals surface area contributed by atoms with E-state index in [1.54, 1.807) is 24.3 Å². The average Bonchev–Trinajstić information content (AvgIpc) is 2.88. The molecule has 2 aliphatic rings. The maximum atomic E-state index is 13.4. The molecular formula is C23H22N2O5. The molecule has 4 rings (SSSR count). The molecule has 0 bridgehead atoms. The second-order valence-electron chi connectivity index (χ2n) is 7.61. The number of imide groups is 1. The van der Waals surface area contributed by atoms with Crippen molar-refractivity contribution in [1.82, 2.24) is 9.80 Å². The number of aliphatic carboxylic acids is 1. The van der Waals surface area contributed by atoms with Crippen LogP contribution in [0.1, 0.15) is 45.5 Å². The van der Waals surface area contributed by atoms with E-state index < -0.39 is 35.8 Å². The van der Waals surface area contributed by atoms with Gasteiger partial charge in [-0.2, -0.15) is 0 Å². The standard InChI is InChI=1S/C23H22N2O5/c26-20-16-10-4-5-11-17(16)21(27)25(20)18-12-6-7-13-24(22(18)28)19(23(29)30)14-15-8-2-1-3-9-15/h1-5,8-11,18-19H,6-7,12-14H2,(H,29,30). The van der Waals surface area contributed by atoms with Crippen LogP contribution >= 0.6 is 0 Å². The van der Waals surface area contributed by atoms with Gasteiger partial charge >= 0.3 is 5.97 Å². The van der Waals surface area contributed by atoms with Gasteiger partial charge in [0, 0.05) is 13.0 Å². The Morgan fingerprint density at radius 3 is 2.13 bits per heavy atom. The SMILES string of the molecule is O=C(O)C(Cc1ccccc1)N1CCCCC(N2C(=O)c3ccccc3C2=O)C1=O. The molecule has 7 heteroatoms. The number of likely N-dealkylation sites (tertiary alicyclic amines) is 1. The number of carboxylic acids is 1. The molecule has 0 aliphatic carbocycles. The smallest absolute Gasteiger partial charge is 0.326 e. The first kappa shape index (κ1) is 19.8. The Labute approximate surface area is 173 Å². The van der Waals surface area contributed by atoms with Crippen LogP contribution in [0, 0.1) is 0 Å². The summed E-state index contributed by atoms with van der Waals surface area (Å²) in [6.07, 6.45) is 1.73. The maximum absolute atomic E-state index is 13.4. The molecule has 7 nitrogen and oxygen atoms in total. The van der Waals surface area contributed by atoms with Crippen molar-refractivity contribution in [2.24, 2.45) is 0 Å². The van der Waals surface area contributed by atoms with Gasteiger partial charge in [-0.15, -0.1) is 0 Å². The van der Waals surface area contributed by atoms with Crippen LogP contribution in [0.2, 0.25) is 0 Å². The summed E-state index contributed by atoms with van der Waals surface area (Å²) in [4.78, 5) is 53.6. The van der Waals surface area contributed by atoms with Gasteiger partial charge in [-0.1, -0.05) is 42.5 Å². The number of rotatable bonds is 5. The molecule has 2 aromatic rings. The molecular weight excluding hydrogens is 384 g/mol. The summed E-state index contributed by atoms with van der Waals surface area (Å²) in [6.45, 7) is 0.280. The quantitative estimate of drug-likeness (QED) is 0.769. The second-order valence-corrected chi connectivity index (χ2v) is 7.61. The summed E-state index contributed by atoms with van der Waals surface area (Å²) in [7, 11) is 0. The van der Waals surface area contributed by atoms with Crippen LogP contribution in [0.15, 0.2) is 54.6 Å². The second kappa shape index (κ2) is 8.10. The molecule has 0 spiro atoms. The molecule has 3 amide bonds. The fraction of sp³-hybridized carbons (Fsp3) is 0.304. The van der Waals surface area contributed by atoms with Gasteiger partial charge in [-0.3, -0.25) is 19.3 Å². The summed E-state index contributed by atoms with van der Waals surface area (Å²) in [5.74, 6) is -2.57. The molecule has 1 fully saturated rings. The number of carbonyl (C=O) groups excluding carboxylic acids is 3. The molecule has 30 heavy (non-hydrogen) atoms. The molecule has 2 unspecified atom stereocenters. The highest BCUT2D eigenvalue weighted by molar-refractivity contribution is 6.22. The van der Waals surface area contributed by atoms with E-state index in [0.29, 0.717) is 19.3 Å². The lowest BCUT2D eigenvalue weighted by Crippen LogP contribution is -2.55. The van der Waals surface area contributed by atoms with Crippen molar-refractivity contribution in [3.63, 3.8) is 0 Å². The van der Waals surface area contributed by atoms with Crippen LogP contribution in [0.25, 0.3) is 0 Å². The van der Waals surface area contributed by atoms with Gasteiger partial charge < -0.3 is 10.0 Å². The van der Waals surface area contributed by atoms with Crippen LogP contribution < -0.4 is 0 Å². The van der Waals surface area contributed by atoms with E-state index in [1.165, 1.54) is 4.90 Å². The number of hydrogen-bond acceptors (Lipinski definition) is 4. The third-order valence-corrected chi connectivity index (χ3v) is 5.77. The van der Waals surface area contributed by atoms with Crippen LogP contribution in [-0.4, -0.2) is 57.2 Å². The summed E-state index contributed by atoms with van der Waals surface area (Å²) >= 11 is 0. The third kappa shape index (κ3) is 3.47. The maximum Gasteiger partial charge on any atom is 0.326 e. The van der Waals surface area contributed by atoms with Crippen molar-refractivity contribution < 1.29 is 24.3 Å². The zero-order valence-electron chi connectivity index (χ0n) is 16.4. The molecule has 0 saturated carbocycles. The van der Waals surface area contributed by atoms with Crippen molar-refractivity contribution in [2.45, 2.75) is 37.8 Å². The van der Waals surface area contributed by atoms with Gasteiger partial charge in [0.1, 0.15) is 12.1 Å². The minimum absolute atomic E-state index is 0.163. The fourth-order valence-electron chi connectivity index (χ4n) is 4.25. The van der Waals surface area contributed by atoms with Crippen molar-refractivity contribution >= 4 is 23.7 Å². The molecule has 2 aromatic carbocycles. The molecule has 2 aliphatic heterocycles. The Morgan fingerprint density at radius 1 is 0.933 bits per heavy atom. The van der Waals surface area contributed by atoms with E-state index in [9.17, 15) is 24.3 Å². The van der Waals surface area contributed by atoms with E-state index >= 15 is 0 Å². The van der Waals surface area contributed by atoms with Gasteiger partial charge in [-0.05, 0) is 37.0 Å². The van der Waals surface area contributed by atoms with Crippen molar-refractivity contribution in [3.05, 3.63) is 71.3 Å². The van der Waals surface area contributed by atoms with Crippen LogP contribution in [0.4, 0.5) is 0 Å². The number of amides is 3. The van der Waals surface area contributed by atoms with Crippen LogP contribution in [-0.2, 0) is 16.0 Å². The minimum Gasteiger partial charge on any atom is -0.480 e. The first-order chi connectivity index (χ1) is 14.5. The number of fused-ring (bicyclic) bond motifs is 1. The Hall–Kier alpha value is -3.48. The lowest BCUT2D eigenvalue weighted by atomic mass is 10.0. The molecule has 154 valence electrons. The Balaban J connectivity index is 1.63. The lowest BCUT2D eigenvalue weighted by Gasteiger charge is -2.32. The van der Waals surface area contributed by atoms with Gasteiger partial charge in [0.25, 0.3) is 11.8 Å². The Morgan fingerprint density at radius 2 is 1.53 bits per heavy atom. The van der Waals surface area contributed by atoms with Gasteiger partial charge in [0.05, 0.1) is 11.1 Å². The van der Waals surface area contributed by atoms with E-state index in [4.69, 9.17) is 0 Å². The van der Waals surface area contributed by atoms with E-state index in [2.05, 4.69) is 0 Å². The molecule has 2 heterocycles. The monoisotopic (exact) mass is 406 g/mol. The third-order valence-electron chi connectivity index (χ3n) is 5.77. The first-order valence-corrected chi connectivity index (χ1v) is 10.0. The minimum atomic E-state index is -1.10. The van der Waals surface area contributed by atoms with Crippen molar-refractivity contribution in [3.8, 4) is 0 Å². The summed E-state index contributed by atoms with van der Waals surface area (Å²) < 4.78 is 0. The highest BCUT2D eigenvalue weighted by atomic mass is 16.4. The molecule has 1 N–H and O–H groups in total. The molecule has 2 atom stereocenters. The van der Waals surface area contributed by atoms with Crippen molar-refractivity contribution in [2.75, 3.05) is 6.54 Å². The Kier molecular flexibility index (Phi) is 5.35. The molecule has 1 saturated heterocycles. The number of benzene rings is 2. The highest BCUT2D eigenvalue weighted by Crippen LogP contribution is 2.29. The average molecular weight is 406 g/mol. The van der Waals surface area contributed by atoms with E-state index in [-0.39, 0.29) is 24.1 Å². The predicted molar refractivity (Wildman–Crippen MR) is 108 cm³/mol. The van der Waals surface area contributed by atoms with Gasteiger partial charge in [-0.25, -0.2) is 4.79 Å². The first-order valence-electron chi connectivity index (χ1n) is 10.0. The number of carbonyl (C=O) groups is 4. The summed E-state index contributed by atoms with van der Waals surface area (Å²) in [6, 6.07) is 13.6. The highest BCUT2D eigenvalue weighted by Gasteiger charge is 2.46. The number of hydrogen-bond donors (Lipinski definition) is 1. The number of carboxylic acid groups (broad SMARTS) is 1. The van der Waals surface area contributed by atoms with Gasteiger partial charge in [0.2, 0.25) is 5.91 Å². The largest absolute Gasteiger partial charge is 0.480 e. The zero-order valence-corrected chi connectivity index (χ0v) is 16.4.